The molecule has 4 fully saturated rings. The number of rotatable bonds is 3. The van der Waals surface area contributed by atoms with Crippen molar-refractivity contribution in [1.29, 1.82) is 0 Å². The maximum Gasteiger partial charge on any atom is 0.145 e. The Hall–Kier alpha value is -1.81. The van der Waals surface area contributed by atoms with Crippen molar-refractivity contribution in [3.8, 4) is 5.75 Å². The van der Waals surface area contributed by atoms with Gasteiger partial charge in [0.1, 0.15) is 17.1 Å². The van der Waals surface area contributed by atoms with Crippen molar-refractivity contribution in [1.82, 2.24) is 9.88 Å². The number of methoxy groups -OCH3 is 1. The monoisotopic (exact) mass is 391 g/mol. The van der Waals surface area contributed by atoms with E-state index >= 15 is 0 Å². The number of hydrogen-bond acceptors (Lipinski definition) is 4. The number of para-hydroxylation sites is 1. The topological polar surface area (TPSA) is 28.6 Å². The SMILES string of the molecule is COc1cccc2c(C)cc(N3C[C@@H]4C[C@H](C3)[C@@H]3CCC[C@H](C5CC5)N3C4)nc12. The maximum absolute atomic E-state index is 5.62. The zero-order chi connectivity index (χ0) is 19.5. The van der Waals surface area contributed by atoms with Gasteiger partial charge >= 0.3 is 0 Å². The highest BCUT2D eigenvalue weighted by Crippen LogP contribution is 2.46. The fourth-order valence-electron chi connectivity index (χ4n) is 6.72. The Bertz CT molecular complexity index is 924. The molecule has 1 saturated carbocycles. The second-order valence-electron chi connectivity index (χ2n) is 10.0. The van der Waals surface area contributed by atoms with Crippen LogP contribution in [0.15, 0.2) is 24.3 Å². The first-order valence-electron chi connectivity index (χ1n) is 11.7. The van der Waals surface area contributed by atoms with E-state index in [4.69, 9.17) is 9.72 Å². The number of piperidine rings is 3. The van der Waals surface area contributed by atoms with E-state index in [0.29, 0.717) is 0 Å². The van der Waals surface area contributed by atoms with Crippen LogP contribution in [0.1, 0.15) is 44.1 Å². The molecular formula is C25H33N3O. The van der Waals surface area contributed by atoms with Gasteiger partial charge in [0.25, 0.3) is 0 Å². The number of benzene rings is 1. The van der Waals surface area contributed by atoms with E-state index in [1.165, 1.54) is 62.6 Å². The molecule has 2 aromatic rings. The molecule has 0 radical (unpaired) electrons. The molecule has 154 valence electrons. The third-order valence-corrected chi connectivity index (χ3v) is 8.14. The van der Waals surface area contributed by atoms with Gasteiger partial charge in [-0.05, 0) is 74.5 Å². The zero-order valence-electron chi connectivity index (χ0n) is 17.8. The van der Waals surface area contributed by atoms with Crippen LogP contribution in [0.3, 0.4) is 0 Å². The molecule has 4 heterocycles. The van der Waals surface area contributed by atoms with Crippen molar-refractivity contribution in [2.45, 2.75) is 57.5 Å². The quantitative estimate of drug-likeness (QED) is 0.762. The van der Waals surface area contributed by atoms with Gasteiger partial charge in [0.15, 0.2) is 0 Å². The zero-order valence-corrected chi connectivity index (χ0v) is 17.8. The smallest absolute Gasteiger partial charge is 0.145 e. The molecule has 0 amide bonds. The van der Waals surface area contributed by atoms with Crippen LogP contribution in [0.4, 0.5) is 5.82 Å². The predicted octanol–water partition coefficient (Wildman–Crippen LogP) is 4.64. The van der Waals surface area contributed by atoms with Gasteiger partial charge in [0, 0.05) is 37.1 Å². The van der Waals surface area contributed by atoms with Crippen molar-refractivity contribution in [2.24, 2.45) is 17.8 Å². The average Bonchev–Trinajstić information content (AvgIpc) is 3.58. The molecule has 0 unspecified atom stereocenters. The Morgan fingerprint density at radius 2 is 1.83 bits per heavy atom. The van der Waals surface area contributed by atoms with Crippen molar-refractivity contribution >= 4 is 16.7 Å². The van der Waals surface area contributed by atoms with Gasteiger partial charge in [-0.15, -0.1) is 0 Å². The molecule has 3 aliphatic heterocycles. The van der Waals surface area contributed by atoms with E-state index < -0.39 is 0 Å². The molecule has 3 saturated heterocycles. The third kappa shape index (κ3) is 3.02. The summed E-state index contributed by atoms with van der Waals surface area (Å²) in [6.45, 7) is 5.85. The van der Waals surface area contributed by atoms with Gasteiger partial charge in [0.05, 0.1) is 7.11 Å². The van der Waals surface area contributed by atoms with Crippen LogP contribution in [0, 0.1) is 24.7 Å². The molecule has 1 aliphatic carbocycles. The summed E-state index contributed by atoms with van der Waals surface area (Å²) >= 11 is 0. The normalized spacial score (nSPS) is 32.3. The summed E-state index contributed by atoms with van der Waals surface area (Å²) in [7, 11) is 1.75. The van der Waals surface area contributed by atoms with Crippen molar-refractivity contribution < 1.29 is 4.74 Å². The lowest BCUT2D eigenvalue weighted by atomic mass is 9.74. The molecule has 2 bridgehead atoms. The lowest BCUT2D eigenvalue weighted by Gasteiger charge is -2.55. The Kier molecular flexibility index (Phi) is 4.26. The number of ether oxygens (including phenoxy) is 1. The molecule has 0 spiro atoms. The van der Waals surface area contributed by atoms with E-state index in [2.05, 4.69) is 34.9 Å². The first-order valence-corrected chi connectivity index (χ1v) is 11.7. The minimum absolute atomic E-state index is 0.792. The molecule has 1 aromatic carbocycles. The molecule has 6 rings (SSSR count). The highest BCUT2D eigenvalue weighted by molar-refractivity contribution is 5.88. The molecule has 29 heavy (non-hydrogen) atoms. The summed E-state index contributed by atoms with van der Waals surface area (Å²) in [4.78, 5) is 10.7. The Morgan fingerprint density at radius 3 is 2.62 bits per heavy atom. The van der Waals surface area contributed by atoms with Crippen LogP contribution in [-0.4, -0.2) is 48.7 Å². The number of aryl methyl sites for hydroxylation is 1. The van der Waals surface area contributed by atoms with E-state index in [1.54, 1.807) is 7.11 Å². The van der Waals surface area contributed by atoms with Crippen LogP contribution >= 0.6 is 0 Å². The van der Waals surface area contributed by atoms with E-state index in [1.807, 2.05) is 6.07 Å². The number of anilines is 1. The van der Waals surface area contributed by atoms with Crippen LogP contribution in [0.25, 0.3) is 10.9 Å². The van der Waals surface area contributed by atoms with Crippen LogP contribution < -0.4 is 9.64 Å². The molecule has 4 aliphatic rings. The number of nitrogens with zero attached hydrogens (tertiary/aromatic N) is 3. The number of hydrogen-bond donors (Lipinski definition) is 0. The number of fused-ring (bicyclic) bond motifs is 5. The predicted molar refractivity (Wildman–Crippen MR) is 118 cm³/mol. The van der Waals surface area contributed by atoms with Gasteiger partial charge in [-0.1, -0.05) is 18.6 Å². The summed E-state index contributed by atoms with van der Waals surface area (Å²) in [5.74, 6) is 4.65. The van der Waals surface area contributed by atoms with Gasteiger partial charge < -0.3 is 9.64 Å². The van der Waals surface area contributed by atoms with Crippen molar-refractivity contribution in [3.63, 3.8) is 0 Å². The van der Waals surface area contributed by atoms with Crippen LogP contribution in [0.5, 0.6) is 5.75 Å². The number of aromatic nitrogens is 1. The highest BCUT2D eigenvalue weighted by Gasteiger charge is 2.48. The fraction of sp³-hybridized carbons (Fsp3) is 0.640. The second kappa shape index (κ2) is 6.87. The molecule has 0 N–H and O–H groups in total. The van der Waals surface area contributed by atoms with Gasteiger partial charge in [-0.2, -0.15) is 0 Å². The second-order valence-corrected chi connectivity index (χ2v) is 10.0. The Morgan fingerprint density at radius 1 is 1.00 bits per heavy atom. The molecule has 1 aromatic heterocycles. The summed E-state index contributed by atoms with van der Waals surface area (Å²) in [5.41, 5.74) is 2.31. The summed E-state index contributed by atoms with van der Waals surface area (Å²) in [5, 5.41) is 1.20. The van der Waals surface area contributed by atoms with E-state index in [-0.39, 0.29) is 0 Å². The summed E-state index contributed by atoms with van der Waals surface area (Å²) < 4.78 is 5.62. The van der Waals surface area contributed by atoms with Gasteiger partial charge in [-0.3, -0.25) is 4.90 Å². The summed E-state index contributed by atoms with van der Waals surface area (Å²) in [6.07, 6.45) is 8.69. The number of pyridine rings is 1. The summed E-state index contributed by atoms with van der Waals surface area (Å²) in [6, 6.07) is 10.3. The van der Waals surface area contributed by atoms with Gasteiger partial charge in [0.2, 0.25) is 0 Å². The molecular weight excluding hydrogens is 358 g/mol. The average molecular weight is 392 g/mol. The first-order chi connectivity index (χ1) is 14.2. The van der Waals surface area contributed by atoms with Crippen LogP contribution in [0.2, 0.25) is 0 Å². The van der Waals surface area contributed by atoms with Crippen molar-refractivity contribution in [3.05, 3.63) is 29.8 Å². The molecule has 4 nitrogen and oxygen atoms in total. The maximum atomic E-state index is 5.62. The highest BCUT2D eigenvalue weighted by atomic mass is 16.5. The molecule has 4 heteroatoms. The lowest BCUT2D eigenvalue weighted by molar-refractivity contribution is -0.0259. The molecule has 4 atom stereocenters. The Balaban J connectivity index is 1.30. The van der Waals surface area contributed by atoms with E-state index in [9.17, 15) is 0 Å². The fourth-order valence-corrected chi connectivity index (χ4v) is 6.72. The van der Waals surface area contributed by atoms with E-state index in [0.717, 1.165) is 53.5 Å². The minimum atomic E-state index is 0.792. The Labute approximate surface area is 174 Å². The third-order valence-electron chi connectivity index (χ3n) is 8.14. The lowest BCUT2D eigenvalue weighted by Crippen LogP contribution is -2.62. The standard InChI is InChI=1S/C25H33N3O/c1-16-11-24(26-25-20(16)5-3-8-23(25)29-2)27-13-17-12-19(15-27)22-7-4-6-21(18-9-10-18)28(22)14-17/h3,5,8,11,17-19,21-22H,4,6-7,9-10,12-15H2,1-2H3/t17-,19+,21+,22-/m0/s1. The first kappa shape index (κ1) is 18.0. The minimum Gasteiger partial charge on any atom is -0.494 e. The van der Waals surface area contributed by atoms with Crippen LogP contribution in [-0.2, 0) is 0 Å². The largest absolute Gasteiger partial charge is 0.494 e. The van der Waals surface area contributed by atoms with Crippen molar-refractivity contribution in [2.75, 3.05) is 31.6 Å². The van der Waals surface area contributed by atoms with Gasteiger partial charge in [-0.25, -0.2) is 4.98 Å².